The van der Waals surface area contributed by atoms with Crippen molar-refractivity contribution in [2.24, 2.45) is 0 Å². The van der Waals surface area contributed by atoms with Crippen LogP contribution in [0.2, 0.25) is 0 Å². The van der Waals surface area contributed by atoms with Gasteiger partial charge in [-0.2, -0.15) is 5.10 Å². The Balaban J connectivity index is 1.94. The second kappa shape index (κ2) is 14.5. The summed E-state index contributed by atoms with van der Waals surface area (Å²) >= 11 is 4.51. The van der Waals surface area contributed by atoms with Crippen molar-refractivity contribution >= 4 is 49.1 Å². The molecular weight excluding hydrogens is 704 g/mol. The van der Waals surface area contributed by atoms with Crippen molar-refractivity contribution in [3.8, 4) is 0 Å². The molecule has 1 atom stereocenters. The van der Waals surface area contributed by atoms with E-state index in [1.807, 2.05) is 25.5 Å². The number of ether oxygens (including phenoxy) is 1. The molecule has 2 aromatic heterocycles. The summed E-state index contributed by atoms with van der Waals surface area (Å²) in [4.78, 5) is 33.8. The molecule has 0 radical (unpaired) electrons. The number of carbonyl (C=O) groups is 2. The van der Waals surface area contributed by atoms with Crippen molar-refractivity contribution in [1.82, 2.24) is 24.4 Å². The minimum Gasteiger partial charge on any atom is -0.385 e. The van der Waals surface area contributed by atoms with Crippen LogP contribution in [0.25, 0.3) is 0 Å². The van der Waals surface area contributed by atoms with Gasteiger partial charge in [-0.3, -0.25) is 14.3 Å². The van der Waals surface area contributed by atoms with Crippen LogP contribution in [0.15, 0.2) is 75.8 Å². The normalized spacial score (nSPS) is 13.3. The number of amides is 2. The summed E-state index contributed by atoms with van der Waals surface area (Å²) in [5, 5.41) is 6.31. The highest BCUT2D eigenvalue weighted by molar-refractivity contribution is 9.10. The van der Waals surface area contributed by atoms with Crippen LogP contribution in [0.5, 0.6) is 0 Å². The molecular formula is C31H34BrF2N5O5S2. The molecule has 0 saturated carbocycles. The molecule has 2 aromatic carbocycles. The van der Waals surface area contributed by atoms with Crippen LogP contribution in [0.3, 0.4) is 0 Å². The maximum atomic E-state index is 16.1. The van der Waals surface area contributed by atoms with Crippen molar-refractivity contribution in [1.29, 1.82) is 0 Å². The fraction of sp³-hybridized carbons (Fsp3) is 0.355. The van der Waals surface area contributed by atoms with Gasteiger partial charge in [0.15, 0.2) is 0 Å². The molecule has 4 aromatic rings. The van der Waals surface area contributed by atoms with Gasteiger partial charge in [-0.25, -0.2) is 26.9 Å². The first-order valence-corrected chi connectivity index (χ1v) is 17.3. The summed E-state index contributed by atoms with van der Waals surface area (Å²) in [6.07, 6.45) is 4.57. The number of benzene rings is 2. The molecule has 0 aliphatic rings. The minimum absolute atomic E-state index is 0.0867. The fourth-order valence-electron chi connectivity index (χ4n) is 5.04. The van der Waals surface area contributed by atoms with Crippen molar-refractivity contribution in [2.75, 3.05) is 13.7 Å². The highest BCUT2D eigenvalue weighted by atomic mass is 79.9. The molecule has 0 fully saturated rings. The van der Waals surface area contributed by atoms with E-state index in [4.69, 9.17) is 4.74 Å². The van der Waals surface area contributed by atoms with Crippen LogP contribution in [0.1, 0.15) is 54.5 Å². The molecule has 2 amide bonds. The molecule has 46 heavy (non-hydrogen) atoms. The van der Waals surface area contributed by atoms with Crippen molar-refractivity contribution in [2.45, 2.75) is 62.6 Å². The molecule has 4 rings (SSSR count). The number of aromatic nitrogens is 3. The molecule has 0 bridgehead atoms. The number of nitrogens with zero attached hydrogens (tertiary/aromatic N) is 4. The predicted molar refractivity (Wildman–Crippen MR) is 173 cm³/mol. The van der Waals surface area contributed by atoms with Gasteiger partial charge in [-0.15, -0.1) is 11.3 Å². The third-order valence-corrected chi connectivity index (χ3v) is 10.3. The molecule has 0 aliphatic carbocycles. The van der Waals surface area contributed by atoms with Crippen LogP contribution >= 0.6 is 27.3 Å². The number of thiazole rings is 1. The third kappa shape index (κ3) is 7.70. The van der Waals surface area contributed by atoms with Crippen LogP contribution in [0, 0.1) is 11.6 Å². The number of hydrogen-bond acceptors (Lipinski definition) is 8. The van der Waals surface area contributed by atoms with E-state index >= 15 is 4.39 Å². The number of methoxy groups -OCH3 is 1. The molecule has 0 saturated heterocycles. The topological polar surface area (TPSA) is 123 Å². The van der Waals surface area contributed by atoms with Gasteiger partial charge < -0.3 is 9.64 Å². The predicted octanol–water partition coefficient (Wildman–Crippen LogP) is 5.69. The number of nitrogens with one attached hydrogen (secondary N) is 1. The second-order valence-corrected chi connectivity index (χ2v) is 15.0. The molecule has 0 aliphatic heterocycles. The van der Waals surface area contributed by atoms with Crippen molar-refractivity contribution < 1.29 is 31.5 Å². The van der Waals surface area contributed by atoms with Crippen LogP contribution in [-0.2, 0) is 38.1 Å². The average Bonchev–Trinajstić information content (AvgIpc) is 3.70. The van der Waals surface area contributed by atoms with E-state index in [-0.39, 0.29) is 42.6 Å². The first-order chi connectivity index (χ1) is 21.7. The summed E-state index contributed by atoms with van der Waals surface area (Å²) in [7, 11) is -3.32. The molecule has 15 heteroatoms. The Kier molecular flexibility index (Phi) is 11.1. The fourth-order valence-corrected chi connectivity index (χ4v) is 7.71. The lowest BCUT2D eigenvalue weighted by Gasteiger charge is -2.42. The summed E-state index contributed by atoms with van der Waals surface area (Å²) in [5.74, 6) is -3.94. The molecule has 0 spiro atoms. The first kappa shape index (κ1) is 35.3. The zero-order valence-corrected chi connectivity index (χ0v) is 28.9. The highest BCUT2D eigenvalue weighted by Gasteiger charge is 2.49. The van der Waals surface area contributed by atoms with Gasteiger partial charge in [0, 0.05) is 37.7 Å². The van der Waals surface area contributed by atoms with Gasteiger partial charge in [0.2, 0.25) is 0 Å². The summed E-state index contributed by atoms with van der Waals surface area (Å²) in [6, 6.07) is 9.18. The number of hydrogen-bond donors (Lipinski definition) is 1. The molecule has 10 nitrogen and oxygen atoms in total. The standard InChI is InChI=1S/C31H34BrF2N5O5S2/c1-30(2,3)22-12-11-21(27(34)26(22)32)28(40)39(19-25-35-15-18-45-25)31(13-7-17-44-4,20-38-16-8-14-36-38)29(41)37-46(42,43)24-10-6-5-9-23(24)33/h5-6,8-12,14-16,18H,7,13,17,19-20H2,1-4H3,(H,37,41). The summed E-state index contributed by atoms with van der Waals surface area (Å²) < 4.78 is 66.4. The van der Waals surface area contributed by atoms with E-state index in [0.29, 0.717) is 10.6 Å². The van der Waals surface area contributed by atoms with Gasteiger partial charge in [-0.05, 0) is 64.0 Å². The Labute approximate surface area is 279 Å². The van der Waals surface area contributed by atoms with Gasteiger partial charge in [0.05, 0.1) is 23.1 Å². The lowest BCUT2D eigenvalue weighted by atomic mass is 9.85. The Morgan fingerprint density at radius 3 is 2.46 bits per heavy atom. The Morgan fingerprint density at radius 1 is 1.11 bits per heavy atom. The molecule has 1 unspecified atom stereocenters. The van der Waals surface area contributed by atoms with Gasteiger partial charge >= 0.3 is 0 Å². The van der Waals surface area contributed by atoms with E-state index in [0.717, 1.165) is 17.0 Å². The zero-order valence-electron chi connectivity index (χ0n) is 25.7. The smallest absolute Gasteiger partial charge is 0.267 e. The van der Waals surface area contributed by atoms with Crippen LogP contribution < -0.4 is 4.72 Å². The van der Waals surface area contributed by atoms with Gasteiger partial charge in [0.1, 0.15) is 27.1 Å². The van der Waals surface area contributed by atoms with Gasteiger partial charge in [0.25, 0.3) is 21.8 Å². The number of rotatable bonds is 13. The molecule has 246 valence electrons. The van der Waals surface area contributed by atoms with Crippen LogP contribution in [-0.4, -0.2) is 59.2 Å². The van der Waals surface area contributed by atoms with E-state index < -0.39 is 49.3 Å². The van der Waals surface area contributed by atoms with E-state index in [1.165, 1.54) is 53.7 Å². The first-order valence-electron chi connectivity index (χ1n) is 14.2. The Hall–Kier alpha value is -3.53. The van der Waals surface area contributed by atoms with E-state index in [2.05, 4.69) is 26.0 Å². The SMILES string of the molecule is COCCCC(Cn1cccn1)(C(=O)NS(=O)(=O)c1ccccc1F)N(Cc1nccs1)C(=O)c1ccc(C(C)(C)C)c(Br)c1F. The van der Waals surface area contributed by atoms with Gasteiger partial charge in [-0.1, -0.05) is 39.0 Å². The van der Waals surface area contributed by atoms with E-state index in [9.17, 15) is 22.4 Å². The number of halogens is 3. The third-order valence-electron chi connectivity index (χ3n) is 7.36. The largest absolute Gasteiger partial charge is 0.385 e. The average molecular weight is 739 g/mol. The maximum Gasteiger partial charge on any atom is 0.267 e. The maximum absolute atomic E-state index is 16.1. The quantitative estimate of drug-likeness (QED) is 0.175. The lowest BCUT2D eigenvalue weighted by molar-refractivity contribution is -0.132. The Bertz CT molecular complexity index is 1780. The second-order valence-electron chi connectivity index (χ2n) is 11.6. The minimum atomic E-state index is -4.77. The molecule has 1 N–H and O–H groups in total. The van der Waals surface area contributed by atoms with E-state index in [1.54, 1.807) is 23.7 Å². The number of sulfonamides is 1. The summed E-state index contributed by atoms with van der Waals surface area (Å²) in [5.41, 5.74) is -2.22. The monoisotopic (exact) mass is 737 g/mol. The Morgan fingerprint density at radius 2 is 1.85 bits per heavy atom. The molecule has 2 heterocycles. The van der Waals surface area contributed by atoms with Crippen LogP contribution in [0.4, 0.5) is 8.78 Å². The zero-order chi connectivity index (χ0) is 33.7. The highest BCUT2D eigenvalue weighted by Crippen LogP contribution is 2.36. The number of carbonyl (C=O) groups excluding carboxylic acids is 2. The van der Waals surface area contributed by atoms with Crippen molar-refractivity contribution in [3.05, 3.63) is 98.7 Å². The lowest BCUT2D eigenvalue weighted by Crippen LogP contribution is -2.63. The summed E-state index contributed by atoms with van der Waals surface area (Å²) in [6.45, 7) is 5.22. The van der Waals surface area contributed by atoms with Crippen molar-refractivity contribution in [3.63, 3.8) is 0 Å².